The van der Waals surface area contributed by atoms with Crippen molar-refractivity contribution in [2.24, 2.45) is 0 Å². The van der Waals surface area contributed by atoms with Crippen LogP contribution < -0.4 is 5.56 Å². The van der Waals surface area contributed by atoms with E-state index in [9.17, 15) is 18.4 Å². The monoisotopic (exact) mass is 402 g/mol. The van der Waals surface area contributed by atoms with E-state index in [1.807, 2.05) is 7.05 Å². The third-order valence-electron chi connectivity index (χ3n) is 5.87. The van der Waals surface area contributed by atoms with Gasteiger partial charge in [-0.15, -0.1) is 0 Å². The van der Waals surface area contributed by atoms with Gasteiger partial charge in [0.05, 0.1) is 12.1 Å². The highest BCUT2D eigenvalue weighted by molar-refractivity contribution is 5.79. The Hall–Kier alpha value is -2.61. The van der Waals surface area contributed by atoms with Crippen LogP contribution in [0.25, 0.3) is 0 Å². The lowest BCUT2D eigenvalue weighted by atomic mass is 9.94. The number of carbonyl (C=O) groups excluding carboxylic acids is 1. The van der Waals surface area contributed by atoms with Gasteiger partial charge in [-0.3, -0.25) is 9.59 Å². The van der Waals surface area contributed by atoms with E-state index in [-0.39, 0.29) is 29.4 Å². The molecule has 0 saturated carbocycles. The number of piperidine rings is 1. The topological polar surface area (TPSA) is 69.3 Å². The maximum absolute atomic E-state index is 13.8. The Morgan fingerprint density at radius 2 is 2.00 bits per heavy atom. The van der Waals surface area contributed by atoms with Gasteiger partial charge in [0.2, 0.25) is 5.91 Å². The average molecular weight is 402 g/mol. The summed E-state index contributed by atoms with van der Waals surface area (Å²) < 4.78 is 27.1. The van der Waals surface area contributed by atoms with E-state index < -0.39 is 11.6 Å². The van der Waals surface area contributed by atoms with E-state index >= 15 is 0 Å². The molecule has 2 aliphatic heterocycles. The number of halogens is 2. The van der Waals surface area contributed by atoms with E-state index in [0.717, 1.165) is 36.0 Å². The molecule has 6 nitrogen and oxygen atoms in total. The zero-order valence-corrected chi connectivity index (χ0v) is 16.4. The molecular formula is C21H24F2N4O2. The molecule has 4 rings (SSSR count). The Morgan fingerprint density at radius 1 is 1.24 bits per heavy atom. The number of amides is 1. The van der Waals surface area contributed by atoms with Gasteiger partial charge in [-0.25, -0.2) is 13.8 Å². The summed E-state index contributed by atoms with van der Waals surface area (Å²) in [6, 6.07) is 3.15. The molecule has 2 aliphatic rings. The van der Waals surface area contributed by atoms with Crippen LogP contribution in [0, 0.1) is 11.6 Å². The number of hydrogen-bond acceptors (Lipinski definition) is 4. The highest BCUT2D eigenvalue weighted by atomic mass is 19.1. The zero-order valence-electron chi connectivity index (χ0n) is 16.4. The fraction of sp³-hybridized carbons (Fsp3) is 0.476. The molecule has 0 unspecified atom stereocenters. The van der Waals surface area contributed by atoms with Gasteiger partial charge in [0.15, 0.2) is 0 Å². The molecule has 8 heteroatoms. The molecule has 2 aromatic rings. The predicted molar refractivity (Wildman–Crippen MR) is 104 cm³/mol. The molecule has 3 heterocycles. The Kier molecular flexibility index (Phi) is 5.45. The lowest BCUT2D eigenvalue weighted by Crippen LogP contribution is -2.40. The minimum atomic E-state index is -0.574. The molecule has 0 bridgehead atoms. The summed E-state index contributed by atoms with van der Waals surface area (Å²) in [5.74, 6) is -0.583. The van der Waals surface area contributed by atoms with Crippen molar-refractivity contribution in [3.8, 4) is 0 Å². The summed E-state index contributed by atoms with van der Waals surface area (Å²) in [5.41, 5.74) is 1.63. The molecule has 0 radical (unpaired) electrons. The number of hydrogen-bond donors (Lipinski definition) is 1. The van der Waals surface area contributed by atoms with Crippen molar-refractivity contribution in [3.05, 3.63) is 62.8 Å². The average Bonchev–Trinajstić information content (AvgIpc) is 2.70. The molecule has 1 amide bonds. The van der Waals surface area contributed by atoms with E-state index in [1.165, 1.54) is 0 Å². The number of nitrogens with one attached hydrogen (secondary N) is 1. The molecule has 1 aromatic heterocycles. The Morgan fingerprint density at radius 3 is 2.76 bits per heavy atom. The minimum Gasteiger partial charge on any atom is -0.342 e. The van der Waals surface area contributed by atoms with Gasteiger partial charge >= 0.3 is 0 Å². The van der Waals surface area contributed by atoms with Gasteiger partial charge in [0.1, 0.15) is 17.5 Å². The maximum Gasteiger partial charge on any atom is 0.254 e. The Labute approximate surface area is 167 Å². The molecule has 0 spiro atoms. The molecule has 1 fully saturated rings. The number of likely N-dealkylation sites (tertiary alicyclic amines) is 1. The summed E-state index contributed by atoms with van der Waals surface area (Å²) >= 11 is 0. The van der Waals surface area contributed by atoms with E-state index in [1.54, 1.807) is 4.90 Å². The second-order valence-corrected chi connectivity index (χ2v) is 7.93. The number of aromatic amines is 1. The molecule has 29 heavy (non-hydrogen) atoms. The molecule has 1 aromatic carbocycles. The van der Waals surface area contributed by atoms with Crippen LogP contribution in [-0.4, -0.2) is 52.4 Å². The number of fused-ring (bicyclic) bond motifs is 1. The third kappa shape index (κ3) is 4.22. The first kappa shape index (κ1) is 19.7. The quantitative estimate of drug-likeness (QED) is 0.853. The summed E-state index contributed by atoms with van der Waals surface area (Å²) in [4.78, 5) is 36.4. The van der Waals surface area contributed by atoms with Crippen LogP contribution in [-0.2, 0) is 24.2 Å². The summed E-state index contributed by atoms with van der Waals surface area (Å²) in [5, 5.41) is 0. The van der Waals surface area contributed by atoms with Crippen molar-refractivity contribution >= 4 is 5.91 Å². The van der Waals surface area contributed by atoms with Crippen LogP contribution in [0.5, 0.6) is 0 Å². The van der Waals surface area contributed by atoms with E-state index in [0.29, 0.717) is 44.7 Å². The second-order valence-electron chi connectivity index (χ2n) is 7.93. The van der Waals surface area contributed by atoms with Crippen molar-refractivity contribution in [2.45, 2.75) is 38.1 Å². The Bertz CT molecular complexity index is 983. The van der Waals surface area contributed by atoms with Crippen molar-refractivity contribution in [3.63, 3.8) is 0 Å². The normalized spacial score (nSPS) is 18.0. The van der Waals surface area contributed by atoms with Crippen LogP contribution in [0.3, 0.4) is 0 Å². The lowest BCUT2D eigenvalue weighted by Gasteiger charge is -2.32. The molecular weight excluding hydrogens is 378 g/mol. The fourth-order valence-corrected chi connectivity index (χ4v) is 4.14. The summed E-state index contributed by atoms with van der Waals surface area (Å²) in [6.45, 7) is 2.52. The van der Waals surface area contributed by atoms with Crippen LogP contribution in [0.4, 0.5) is 8.78 Å². The smallest absolute Gasteiger partial charge is 0.254 e. The highest BCUT2D eigenvalue weighted by Gasteiger charge is 2.27. The van der Waals surface area contributed by atoms with Crippen molar-refractivity contribution in [2.75, 3.05) is 26.7 Å². The number of rotatable bonds is 3. The number of likely N-dealkylation sites (N-methyl/N-ethyl adjacent to an activating group) is 1. The van der Waals surface area contributed by atoms with Crippen LogP contribution in [0.15, 0.2) is 23.0 Å². The number of nitrogens with zero attached hydrogens (tertiary/aromatic N) is 3. The first-order valence-corrected chi connectivity index (χ1v) is 9.93. The zero-order chi connectivity index (χ0) is 20.5. The molecule has 0 aliphatic carbocycles. The van der Waals surface area contributed by atoms with Crippen LogP contribution >= 0.6 is 0 Å². The standard InChI is InChI=1S/C21H24F2N4O2/c1-26-7-6-16-18(12-26)24-20(25-21(16)29)13-4-8-27(9-5-13)19(28)11-14-10-15(22)2-3-17(14)23/h2-3,10,13H,4-9,11-12H2,1H3,(H,24,25,29). The highest BCUT2D eigenvalue weighted by Crippen LogP contribution is 2.26. The predicted octanol–water partition coefficient (Wildman–Crippen LogP) is 1.98. The van der Waals surface area contributed by atoms with Gasteiger partial charge in [0, 0.05) is 43.2 Å². The van der Waals surface area contributed by atoms with E-state index in [4.69, 9.17) is 4.98 Å². The van der Waals surface area contributed by atoms with Gasteiger partial charge in [-0.1, -0.05) is 0 Å². The fourth-order valence-electron chi connectivity index (χ4n) is 4.14. The second kappa shape index (κ2) is 8.02. The van der Waals surface area contributed by atoms with E-state index in [2.05, 4.69) is 9.88 Å². The largest absolute Gasteiger partial charge is 0.342 e. The lowest BCUT2D eigenvalue weighted by molar-refractivity contribution is -0.131. The number of benzene rings is 1. The minimum absolute atomic E-state index is 0.0572. The number of carbonyl (C=O) groups is 1. The summed E-state index contributed by atoms with van der Waals surface area (Å²) in [7, 11) is 2.01. The van der Waals surface area contributed by atoms with Crippen LogP contribution in [0.1, 0.15) is 41.4 Å². The number of aromatic nitrogens is 2. The molecule has 1 saturated heterocycles. The SMILES string of the molecule is CN1CCc2c(nc(C3CCN(C(=O)Cc4cc(F)ccc4F)CC3)[nH]c2=O)C1. The van der Waals surface area contributed by atoms with Crippen LogP contribution in [0.2, 0.25) is 0 Å². The Balaban J connectivity index is 1.41. The van der Waals surface area contributed by atoms with Gasteiger partial charge < -0.3 is 14.8 Å². The molecule has 154 valence electrons. The third-order valence-corrected chi connectivity index (χ3v) is 5.87. The van der Waals surface area contributed by atoms with Gasteiger partial charge in [-0.2, -0.15) is 0 Å². The van der Waals surface area contributed by atoms with Crippen molar-refractivity contribution in [1.29, 1.82) is 0 Å². The first-order chi connectivity index (χ1) is 13.9. The first-order valence-electron chi connectivity index (χ1n) is 9.93. The number of H-pyrrole nitrogens is 1. The van der Waals surface area contributed by atoms with Gasteiger partial charge in [-0.05, 0) is 44.5 Å². The molecule has 1 N–H and O–H groups in total. The molecule has 0 atom stereocenters. The summed E-state index contributed by atoms with van der Waals surface area (Å²) in [6.07, 6.45) is 1.90. The van der Waals surface area contributed by atoms with Gasteiger partial charge in [0.25, 0.3) is 5.56 Å². The van der Waals surface area contributed by atoms with Crippen molar-refractivity contribution in [1.82, 2.24) is 19.8 Å². The van der Waals surface area contributed by atoms with Crippen molar-refractivity contribution < 1.29 is 13.6 Å². The maximum atomic E-state index is 13.8.